The van der Waals surface area contributed by atoms with Crippen LogP contribution in [0.25, 0.3) is 6.08 Å². The molecule has 2 saturated heterocycles. The molecule has 2 fully saturated rings. The van der Waals surface area contributed by atoms with Gasteiger partial charge in [-0.3, -0.25) is 14.5 Å². The van der Waals surface area contributed by atoms with Crippen LogP contribution < -0.4 is 9.64 Å². The number of quaternary nitrogens is 1. The number of nitrogens with one attached hydrogen (secondary N) is 1. The van der Waals surface area contributed by atoms with Crippen LogP contribution in [0.1, 0.15) is 5.56 Å². The molecule has 0 unspecified atom stereocenters. The smallest absolute Gasteiger partial charge is 0.266 e. The molecule has 0 atom stereocenters. The van der Waals surface area contributed by atoms with Crippen LogP contribution in [0, 0.1) is 0 Å². The topological polar surface area (TPSA) is 54.3 Å². The van der Waals surface area contributed by atoms with Gasteiger partial charge in [0, 0.05) is 0 Å². The van der Waals surface area contributed by atoms with E-state index in [2.05, 4.69) is 7.05 Å². The summed E-state index contributed by atoms with van der Waals surface area (Å²) >= 11 is 6.56. The highest BCUT2D eigenvalue weighted by Gasteiger charge is 2.35. The Hall–Kier alpha value is -1.90. The molecular formula is C18H22N3O3S2+. The molecule has 2 amide bonds. The normalized spacial score (nSPS) is 20.2. The van der Waals surface area contributed by atoms with Crippen molar-refractivity contribution in [2.24, 2.45) is 0 Å². The first-order valence-corrected chi connectivity index (χ1v) is 9.69. The number of carbonyl (C=O) groups is 2. The highest BCUT2D eigenvalue weighted by Crippen LogP contribution is 2.32. The lowest BCUT2D eigenvalue weighted by atomic mass is 10.2. The summed E-state index contributed by atoms with van der Waals surface area (Å²) in [5.74, 6) is 0.512. The van der Waals surface area contributed by atoms with Crippen molar-refractivity contribution in [3.63, 3.8) is 0 Å². The van der Waals surface area contributed by atoms with Crippen molar-refractivity contribution in [3.8, 4) is 5.75 Å². The van der Waals surface area contributed by atoms with Crippen LogP contribution in [-0.2, 0) is 9.59 Å². The maximum atomic E-state index is 12.7. The fourth-order valence-corrected chi connectivity index (χ4v) is 4.12. The molecule has 138 valence electrons. The Bertz CT molecular complexity index is 741. The van der Waals surface area contributed by atoms with Crippen LogP contribution in [0.3, 0.4) is 0 Å². The molecule has 26 heavy (non-hydrogen) atoms. The third-order valence-electron chi connectivity index (χ3n) is 4.55. The minimum Gasteiger partial charge on any atom is -0.497 e. The summed E-state index contributed by atoms with van der Waals surface area (Å²) in [6.07, 6.45) is 1.79. The molecule has 2 aliphatic heterocycles. The second-order valence-corrected chi connectivity index (χ2v) is 8.05. The molecule has 2 aliphatic rings. The summed E-state index contributed by atoms with van der Waals surface area (Å²) in [4.78, 5) is 30.4. The average molecular weight is 393 g/mol. The van der Waals surface area contributed by atoms with E-state index in [4.69, 9.17) is 17.0 Å². The number of methoxy groups -OCH3 is 1. The number of nitrogens with zero attached hydrogens (tertiary/aromatic N) is 2. The van der Waals surface area contributed by atoms with Crippen LogP contribution in [0.5, 0.6) is 5.75 Å². The van der Waals surface area contributed by atoms with Gasteiger partial charge >= 0.3 is 0 Å². The highest BCUT2D eigenvalue weighted by molar-refractivity contribution is 8.26. The highest BCUT2D eigenvalue weighted by atomic mass is 32.2. The zero-order valence-electron chi connectivity index (χ0n) is 14.9. The average Bonchev–Trinajstić information content (AvgIpc) is 2.90. The predicted octanol–water partition coefficient (Wildman–Crippen LogP) is 0.253. The Morgan fingerprint density at radius 3 is 2.58 bits per heavy atom. The van der Waals surface area contributed by atoms with Crippen LogP contribution >= 0.6 is 24.0 Å². The van der Waals surface area contributed by atoms with E-state index < -0.39 is 0 Å². The number of piperazine rings is 1. The lowest BCUT2D eigenvalue weighted by Crippen LogP contribution is -3.12. The predicted molar refractivity (Wildman–Crippen MR) is 106 cm³/mol. The molecule has 6 nitrogen and oxygen atoms in total. The molecule has 3 rings (SSSR count). The van der Waals surface area contributed by atoms with Gasteiger partial charge < -0.3 is 14.5 Å². The van der Waals surface area contributed by atoms with E-state index in [-0.39, 0.29) is 18.4 Å². The van der Waals surface area contributed by atoms with Crippen molar-refractivity contribution in [1.82, 2.24) is 9.80 Å². The third-order valence-corrected chi connectivity index (χ3v) is 5.93. The zero-order chi connectivity index (χ0) is 18.7. The Kier molecular flexibility index (Phi) is 5.95. The van der Waals surface area contributed by atoms with Crippen molar-refractivity contribution < 1.29 is 19.2 Å². The molecule has 0 saturated carbocycles. The van der Waals surface area contributed by atoms with E-state index in [1.165, 1.54) is 21.6 Å². The molecular weight excluding hydrogens is 370 g/mol. The van der Waals surface area contributed by atoms with E-state index >= 15 is 0 Å². The molecule has 1 aromatic rings. The summed E-state index contributed by atoms with van der Waals surface area (Å²) in [6, 6.07) is 7.43. The van der Waals surface area contributed by atoms with E-state index in [0.29, 0.717) is 9.23 Å². The Morgan fingerprint density at radius 1 is 1.31 bits per heavy atom. The number of thioether (sulfide) groups is 1. The number of amides is 2. The van der Waals surface area contributed by atoms with Crippen molar-refractivity contribution in [2.45, 2.75) is 0 Å². The number of ether oxygens (including phenoxy) is 1. The van der Waals surface area contributed by atoms with Crippen molar-refractivity contribution >= 4 is 46.2 Å². The minimum absolute atomic E-state index is 0.0175. The number of likely N-dealkylation sites (N-methyl/N-ethyl adjacent to an activating group) is 1. The number of rotatable bonds is 4. The minimum atomic E-state index is -0.205. The summed E-state index contributed by atoms with van der Waals surface area (Å²) < 4.78 is 5.57. The molecule has 0 bridgehead atoms. The number of hydrogen-bond donors (Lipinski definition) is 1. The molecule has 0 aliphatic carbocycles. The van der Waals surface area contributed by atoms with Gasteiger partial charge in [-0.05, 0) is 23.8 Å². The molecule has 1 aromatic carbocycles. The van der Waals surface area contributed by atoms with Crippen LogP contribution in [0.2, 0.25) is 0 Å². The number of hydrogen-bond acceptors (Lipinski definition) is 5. The van der Waals surface area contributed by atoms with Gasteiger partial charge in [0.05, 0.1) is 45.2 Å². The van der Waals surface area contributed by atoms with Crippen molar-refractivity contribution in [2.75, 3.05) is 46.9 Å². The first kappa shape index (κ1) is 18.9. The monoisotopic (exact) mass is 392 g/mol. The van der Waals surface area contributed by atoms with Gasteiger partial charge in [0.15, 0.2) is 0 Å². The van der Waals surface area contributed by atoms with Crippen LogP contribution in [-0.4, -0.2) is 72.8 Å². The van der Waals surface area contributed by atoms with Gasteiger partial charge in [0.2, 0.25) is 5.91 Å². The number of carbonyl (C=O) groups excluding carboxylic acids is 2. The van der Waals surface area contributed by atoms with E-state index in [9.17, 15) is 9.59 Å². The second kappa shape index (κ2) is 8.20. The summed E-state index contributed by atoms with van der Waals surface area (Å²) in [5, 5.41) is 0. The molecule has 0 aromatic heterocycles. The van der Waals surface area contributed by atoms with Gasteiger partial charge in [-0.15, -0.1) is 0 Å². The zero-order valence-corrected chi connectivity index (χ0v) is 16.5. The lowest BCUT2D eigenvalue weighted by Gasteiger charge is -2.31. The van der Waals surface area contributed by atoms with E-state index in [1.807, 2.05) is 29.2 Å². The Morgan fingerprint density at radius 2 is 1.96 bits per heavy atom. The molecule has 1 N–H and O–H groups in total. The van der Waals surface area contributed by atoms with Crippen LogP contribution in [0.4, 0.5) is 0 Å². The third kappa shape index (κ3) is 4.25. The maximum absolute atomic E-state index is 12.7. The van der Waals surface area contributed by atoms with Crippen molar-refractivity contribution in [1.29, 1.82) is 0 Å². The van der Waals surface area contributed by atoms with Crippen molar-refractivity contribution in [3.05, 3.63) is 34.7 Å². The summed E-state index contributed by atoms with van der Waals surface area (Å²) in [7, 11) is 3.73. The number of thiocarbonyl (C=S) groups is 1. The van der Waals surface area contributed by atoms with Crippen LogP contribution in [0.15, 0.2) is 29.2 Å². The van der Waals surface area contributed by atoms with Gasteiger partial charge in [0.25, 0.3) is 5.91 Å². The largest absolute Gasteiger partial charge is 0.497 e. The molecule has 2 heterocycles. The molecule has 8 heteroatoms. The van der Waals surface area contributed by atoms with E-state index in [0.717, 1.165) is 37.5 Å². The first-order chi connectivity index (χ1) is 12.5. The summed E-state index contributed by atoms with van der Waals surface area (Å²) in [5.41, 5.74) is 0.889. The van der Waals surface area contributed by atoms with E-state index in [1.54, 1.807) is 13.2 Å². The Balaban J connectivity index is 1.66. The maximum Gasteiger partial charge on any atom is 0.266 e. The molecule has 0 spiro atoms. The fraction of sp³-hybridized carbons (Fsp3) is 0.389. The quantitative estimate of drug-likeness (QED) is 0.588. The second-order valence-electron chi connectivity index (χ2n) is 6.38. The summed E-state index contributed by atoms with van der Waals surface area (Å²) in [6.45, 7) is 3.33. The molecule has 0 radical (unpaired) electrons. The SMILES string of the molecule is COc1ccc(C=C2SC(=S)N(CC(=O)N3CC[NH+](C)CC3)C2=O)cc1. The van der Waals surface area contributed by atoms with Gasteiger partial charge in [-0.2, -0.15) is 0 Å². The lowest BCUT2D eigenvalue weighted by molar-refractivity contribution is -0.883. The van der Waals surface area contributed by atoms with Gasteiger partial charge in [-0.1, -0.05) is 36.1 Å². The standard InChI is InChI=1S/C18H21N3O3S2/c1-19-7-9-20(10-8-19)16(22)12-21-17(23)15(26-18(21)25)11-13-3-5-14(24-2)6-4-13/h3-6,11H,7-10,12H2,1-2H3/p+1. The Labute approximate surface area is 162 Å². The number of benzene rings is 1. The van der Waals surface area contributed by atoms with Gasteiger partial charge in [-0.25, -0.2) is 0 Å². The van der Waals surface area contributed by atoms with Gasteiger partial charge in [0.1, 0.15) is 16.6 Å². The first-order valence-electron chi connectivity index (χ1n) is 8.46. The fourth-order valence-electron chi connectivity index (χ4n) is 2.86.